The van der Waals surface area contributed by atoms with Gasteiger partial charge in [-0.3, -0.25) is 14.6 Å². The van der Waals surface area contributed by atoms with Gasteiger partial charge in [0.15, 0.2) is 0 Å². The van der Waals surface area contributed by atoms with Crippen LogP contribution in [0.15, 0.2) is 53.5 Å². The number of benzene rings is 1. The quantitative estimate of drug-likeness (QED) is 0.834. The van der Waals surface area contributed by atoms with Crippen LogP contribution in [0.1, 0.15) is 20.7 Å². The minimum atomic E-state index is -0.421. The summed E-state index contributed by atoms with van der Waals surface area (Å²) in [6.07, 6.45) is 2.78. The zero-order chi connectivity index (χ0) is 15.0. The Hall–Kier alpha value is -2.66. The molecule has 0 saturated carbocycles. The average molecular weight is 301 g/mol. The van der Waals surface area contributed by atoms with E-state index in [0.29, 0.717) is 5.69 Å². The summed E-state index contributed by atoms with van der Waals surface area (Å²) in [5, 5.41) is 11.9. The van der Waals surface area contributed by atoms with Gasteiger partial charge in [0.05, 0.1) is 5.56 Å². The summed E-state index contributed by atoms with van der Waals surface area (Å²) in [6.45, 7) is 0. The van der Waals surface area contributed by atoms with Crippen molar-refractivity contribution in [3.05, 3.63) is 64.6 Å². The first-order chi connectivity index (χ1) is 10.1. The maximum absolute atomic E-state index is 12.4. The number of carbonyl (C=O) groups is 2. The summed E-state index contributed by atoms with van der Waals surface area (Å²) in [5.74, 6) is -0.716. The zero-order valence-corrected chi connectivity index (χ0v) is 11.4. The molecule has 0 unspecified atom stereocenters. The first kappa shape index (κ1) is 13.3. The number of ketones is 2. The second kappa shape index (κ2) is 5.03. The highest BCUT2D eigenvalue weighted by Crippen LogP contribution is 2.29. The molecule has 0 spiro atoms. The number of phenols is 1. The summed E-state index contributed by atoms with van der Waals surface area (Å²) in [7, 11) is 0. The maximum Gasteiger partial charge on any atom is 0.213 e. The molecular formula is C15H9ClN2O3. The second-order valence-electron chi connectivity index (χ2n) is 4.44. The van der Waals surface area contributed by atoms with Crippen LogP contribution < -0.4 is 5.32 Å². The fraction of sp³-hybridized carbons (Fsp3) is 0. The third-order valence-electron chi connectivity index (χ3n) is 3.09. The Bertz CT molecular complexity index is 782. The standard InChI is InChI=1S/C15H9ClN2O3/c16-12-13(18-8-1-3-9(19)4-2-8)15(21)11-7-17-6-5-10(11)14(12)20/h1-7,18-19H. The first-order valence-corrected chi connectivity index (χ1v) is 6.45. The van der Waals surface area contributed by atoms with Crippen molar-refractivity contribution in [1.82, 2.24) is 4.98 Å². The molecule has 0 amide bonds. The molecule has 1 aliphatic rings. The van der Waals surface area contributed by atoms with Crippen molar-refractivity contribution in [2.45, 2.75) is 0 Å². The van der Waals surface area contributed by atoms with E-state index in [-0.39, 0.29) is 27.6 Å². The second-order valence-corrected chi connectivity index (χ2v) is 4.82. The van der Waals surface area contributed by atoms with Crippen molar-refractivity contribution in [1.29, 1.82) is 0 Å². The van der Waals surface area contributed by atoms with Gasteiger partial charge in [-0.05, 0) is 30.3 Å². The third-order valence-corrected chi connectivity index (χ3v) is 3.45. The summed E-state index contributed by atoms with van der Waals surface area (Å²) >= 11 is 6.01. The van der Waals surface area contributed by atoms with E-state index >= 15 is 0 Å². The molecule has 3 rings (SSSR count). The van der Waals surface area contributed by atoms with Crippen molar-refractivity contribution in [3.63, 3.8) is 0 Å². The van der Waals surface area contributed by atoms with Gasteiger partial charge in [-0.15, -0.1) is 0 Å². The van der Waals surface area contributed by atoms with Gasteiger partial charge in [-0.2, -0.15) is 0 Å². The number of aromatic hydroxyl groups is 1. The third kappa shape index (κ3) is 2.28. The number of Topliss-reactive ketones (excluding diaryl/α,β-unsaturated/α-hetero) is 2. The van der Waals surface area contributed by atoms with E-state index < -0.39 is 11.6 Å². The fourth-order valence-electron chi connectivity index (χ4n) is 2.04. The number of pyridine rings is 1. The minimum absolute atomic E-state index is 0.00727. The molecule has 1 aliphatic carbocycles. The molecule has 21 heavy (non-hydrogen) atoms. The number of aromatic nitrogens is 1. The first-order valence-electron chi connectivity index (χ1n) is 6.07. The Labute approximate surface area is 124 Å². The van der Waals surface area contributed by atoms with Crippen molar-refractivity contribution in [2.24, 2.45) is 0 Å². The largest absolute Gasteiger partial charge is 0.508 e. The molecule has 1 heterocycles. The summed E-state index contributed by atoms with van der Waals surface area (Å²) in [6, 6.07) is 7.53. The number of nitrogens with zero attached hydrogens (tertiary/aromatic N) is 1. The molecule has 0 fully saturated rings. The number of hydrogen-bond acceptors (Lipinski definition) is 5. The predicted octanol–water partition coefficient (Wildman–Crippen LogP) is 2.73. The Kier molecular flexibility index (Phi) is 3.19. The molecule has 2 N–H and O–H groups in total. The van der Waals surface area contributed by atoms with Gasteiger partial charge in [-0.1, -0.05) is 11.6 Å². The van der Waals surface area contributed by atoms with Crippen LogP contribution in [0.3, 0.4) is 0 Å². The molecule has 6 heteroatoms. The Balaban J connectivity index is 2.02. The number of fused-ring (bicyclic) bond motifs is 1. The van der Waals surface area contributed by atoms with Gasteiger partial charge in [-0.25, -0.2) is 0 Å². The van der Waals surface area contributed by atoms with Gasteiger partial charge < -0.3 is 10.4 Å². The lowest BCUT2D eigenvalue weighted by molar-refractivity contribution is 0.0981. The van der Waals surface area contributed by atoms with Crippen molar-refractivity contribution in [2.75, 3.05) is 5.32 Å². The lowest BCUT2D eigenvalue weighted by Gasteiger charge is -2.18. The fourth-order valence-corrected chi connectivity index (χ4v) is 2.28. The molecular weight excluding hydrogens is 292 g/mol. The van der Waals surface area contributed by atoms with E-state index in [1.807, 2.05) is 0 Å². The number of allylic oxidation sites excluding steroid dienone is 2. The lowest BCUT2D eigenvalue weighted by atomic mass is 9.94. The van der Waals surface area contributed by atoms with E-state index in [1.165, 1.54) is 30.6 Å². The number of hydrogen-bond donors (Lipinski definition) is 2. The number of nitrogens with one attached hydrogen (secondary N) is 1. The molecule has 5 nitrogen and oxygen atoms in total. The summed E-state index contributed by atoms with van der Waals surface area (Å²) in [4.78, 5) is 28.4. The van der Waals surface area contributed by atoms with E-state index in [4.69, 9.17) is 11.6 Å². The SMILES string of the molecule is O=C1C(Cl)=C(Nc2ccc(O)cc2)C(=O)c2cnccc21. The minimum Gasteiger partial charge on any atom is -0.508 e. The molecule has 1 aromatic carbocycles. The van der Waals surface area contributed by atoms with Crippen LogP contribution in [-0.2, 0) is 0 Å². The highest BCUT2D eigenvalue weighted by atomic mass is 35.5. The maximum atomic E-state index is 12.4. The van der Waals surface area contributed by atoms with E-state index in [0.717, 1.165) is 0 Å². The molecule has 0 bridgehead atoms. The van der Waals surface area contributed by atoms with E-state index in [9.17, 15) is 14.7 Å². The van der Waals surface area contributed by atoms with Crippen LogP contribution in [0.25, 0.3) is 0 Å². The predicted molar refractivity (Wildman–Crippen MR) is 77.5 cm³/mol. The van der Waals surface area contributed by atoms with E-state index in [2.05, 4.69) is 10.3 Å². The lowest BCUT2D eigenvalue weighted by Crippen LogP contribution is -2.24. The van der Waals surface area contributed by atoms with Gasteiger partial charge in [0.25, 0.3) is 0 Å². The van der Waals surface area contributed by atoms with Crippen LogP contribution in [0.2, 0.25) is 0 Å². The van der Waals surface area contributed by atoms with Gasteiger partial charge in [0, 0.05) is 23.6 Å². The molecule has 2 aromatic rings. The molecule has 1 aromatic heterocycles. The molecule has 0 radical (unpaired) electrons. The summed E-state index contributed by atoms with van der Waals surface area (Å²) < 4.78 is 0. The Morgan fingerprint density at radius 2 is 1.71 bits per heavy atom. The topological polar surface area (TPSA) is 79.3 Å². The van der Waals surface area contributed by atoms with Crippen molar-refractivity contribution >= 4 is 28.9 Å². The van der Waals surface area contributed by atoms with Crippen LogP contribution in [0.5, 0.6) is 5.75 Å². The molecule has 0 aliphatic heterocycles. The number of anilines is 1. The number of rotatable bonds is 2. The average Bonchev–Trinajstić information content (AvgIpc) is 2.51. The molecule has 0 saturated heterocycles. The Morgan fingerprint density at radius 1 is 1.00 bits per heavy atom. The highest BCUT2D eigenvalue weighted by Gasteiger charge is 2.31. The van der Waals surface area contributed by atoms with Gasteiger partial charge in [0.2, 0.25) is 11.6 Å². The number of carbonyl (C=O) groups excluding carboxylic acids is 2. The van der Waals surface area contributed by atoms with Crippen molar-refractivity contribution in [3.8, 4) is 5.75 Å². The molecule has 104 valence electrons. The normalized spacial score (nSPS) is 14.1. The zero-order valence-electron chi connectivity index (χ0n) is 10.6. The highest BCUT2D eigenvalue weighted by molar-refractivity contribution is 6.50. The van der Waals surface area contributed by atoms with Crippen LogP contribution >= 0.6 is 11.6 Å². The smallest absolute Gasteiger partial charge is 0.213 e. The number of phenolic OH excluding ortho intramolecular Hbond substituents is 1. The molecule has 0 atom stereocenters. The monoisotopic (exact) mass is 300 g/mol. The Morgan fingerprint density at radius 3 is 2.43 bits per heavy atom. The van der Waals surface area contributed by atoms with Crippen LogP contribution in [-0.4, -0.2) is 21.7 Å². The van der Waals surface area contributed by atoms with Gasteiger partial charge in [0.1, 0.15) is 16.5 Å². The van der Waals surface area contributed by atoms with Crippen LogP contribution in [0.4, 0.5) is 5.69 Å². The van der Waals surface area contributed by atoms with Crippen LogP contribution in [0, 0.1) is 0 Å². The van der Waals surface area contributed by atoms with E-state index in [1.54, 1.807) is 12.1 Å². The van der Waals surface area contributed by atoms with Crippen molar-refractivity contribution < 1.29 is 14.7 Å². The summed E-state index contributed by atoms with van der Waals surface area (Å²) in [5.41, 5.74) is 1.01. The number of halogens is 1. The van der Waals surface area contributed by atoms with Gasteiger partial charge >= 0.3 is 0 Å².